The number of hydrogen-bond donors (Lipinski definition) is 0. The first-order valence-corrected chi connectivity index (χ1v) is 16.6. The second-order valence-corrected chi connectivity index (χ2v) is 12.4. The number of benzene rings is 4. The van der Waals surface area contributed by atoms with Gasteiger partial charge in [-0.25, -0.2) is 0 Å². The Hall–Kier alpha value is -6.92. The van der Waals surface area contributed by atoms with Crippen molar-refractivity contribution in [1.82, 2.24) is 29.1 Å². The van der Waals surface area contributed by atoms with E-state index in [2.05, 4.69) is 140 Å². The van der Waals surface area contributed by atoms with Gasteiger partial charge in [-0.05, 0) is 77.9 Å². The highest BCUT2D eigenvalue weighted by Gasteiger charge is 2.14. The van der Waals surface area contributed by atoms with E-state index in [0.29, 0.717) is 0 Å². The molecule has 0 aliphatic heterocycles. The summed E-state index contributed by atoms with van der Waals surface area (Å²) in [6, 6.07) is 48.7. The van der Waals surface area contributed by atoms with Crippen LogP contribution < -0.4 is 0 Å². The topological polar surface area (TPSA) is 61.4 Å². The van der Waals surface area contributed by atoms with Crippen LogP contribution >= 0.6 is 0 Å². The number of hydrogen-bond acceptors (Lipinski definition) is 4. The minimum atomic E-state index is 0.838. The van der Waals surface area contributed by atoms with E-state index in [-0.39, 0.29) is 0 Å². The Labute approximate surface area is 287 Å². The van der Waals surface area contributed by atoms with Gasteiger partial charge in [0.25, 0.3) is 0 Å². The van der Waals surface area contributed by atoms with Crippen LogP contribution in [0.1, 0.15) is 0 Å². The third-order valence-corrected chi connectivity index (χ3v) is 9.61. The van der Waals surface area contributed by atoms with Gasteiger partial charge in [-0.3, -0.25) is 19.9 Å². The van der Waals surface area contributed by atoms with E-state index in [1.165, 1.54) is 16.3 Å². The molecule has 0 spiro atoms. The Bertz CT molecular complexity index is 2520. The highest BCUT2D eigenvalue weighted by molar-refractivity contribution is 6.09. The van der Waals surface area contributed by atoms with Gasteiger partial charge in [0.15, 0.2) is 0 Å². The average Bonchev–Trinajstić information content (AvgIpc) is 3.71. The molecule has 234 valence electrons. The molecular weight excluding hydrogens is 613 g/mol. The number of rotatable bonds is 5. The Morgan fingerprint density at radius 2 is 0.860 bits per heavy atom. The molecule has 10 aromatic rings. The first-order chi connectivity index (χ1) is 24.8. The number of aromatic nitrogens is 6. The number of fused-ring (bicyclic) bond motifs is 6. The van der Waals surface area contributed by atoms with Crippen molar-refractivity contribution in [2.75, 3.05) is 0 Å². The second-order valence-electron chi connectivity index (χ2n) is 12.4. The molecule has 0 atom stereocenters. The van der Waals surface area contributed by atoms with Crippen molar-refractivity contribution >= 4 is 43.7 Å². The van der Waals surface area contributed by atoms with Gasteiger partial charge in [-0.2, -0.15) is 0 Å². The molecule has 0 bridgehead atoms. The van der Waals surface area contributed by atoms with Crippen molar-refractivity contribution in [3.8, 4) is 45.0 Å². The number of pyridine rings is 4. The molecule has 0 N–H and O–H groups in total. The van der Waals surface area contributed by atoms with Gasteiger partial charge >= 0.3 is 0 Å². The summed E-state index contributed by atoms with van der Waals surface area (Å²) in [5.41, 5.74) is 13.7. The van der Waals surface area contributed by atoms with Crippen molar-refractivity contribution in [3.05, 3.63) is 171 Å². The molecular formula is C44H28N6. The van der Waals surface area contributed by atoms with Crippen LogP contribution in [0.4, 0.5) is 0 Å². The van der Waals surface area contributed by atoms with E-state index in [1.807, 2.05) is 49.2 Å². The molecule has 4 aromatic carbocycles. The second kappa shape index (κ2) is 11.4. The fourth-order valence-corrected chi connectivity index (χ4v) is 7.20. The van der Waals surface area contributed by atoms with E-state index in [4.69, 9.17) is 9.97 Å². The molecule has 0 radical (unpaired) electrons. The van der Waals surface area contributed by atoms with Gasteiger partial charge in [0.1, 0.15) is 0 Å². The van der Waals surface area contributed by atoms with E-state index < -0.39 is 0 Å². The van der Waals surface area contributed by atoms with Gasteiger partial charge in [0, 0.05) is 63.4 Å². The first kappa shape index (κ1) is 28.1. The molecule has 10 rings (SSSR count). The molecule has 0 amide bonds. The molecule has 6 heterocycles. The van der Waals surface area contributed by atoms with Crippen LogP contribution in [0.2, 0.25) is 0 Å². The summed E-state index contributed by atoms with van der Waals surface area (Å²) in [5, 5.41) is 3.58. The Kier molecular flexibility index (Phi) is 6.39. The third-order valence-electron chi connectivity index (χ3n) is 9.61. The minimum absolute atomic E-state index is 0.838. The highest BCUT2D eigenvalue weighted by Crippen LogP contribution is 2.34. The molecule has 0 aliphatic rings. The summed E-state index contributed by atoms with van der Waals surface area (Å²) < 4.78 is 4.55. The quantitative estimate of drug-likeness (QED) is 0.188. The van der Waals surface area contributed by atoms with E-state index in [9.17, 15) is 0 Å². The van der Waals surface area contributed by atoms with E-state index >= 15 is 0 Å². The maximum absolute atomic E-state index is 4.79. The lowest BCUT2D eigenvalue weighted by Crippen LogP contribution is -1.94. The smallest absolute Gasteiger partial charge is 0.0963 e. The Morgan fingerprint density at radius 1 is 0.340 bits per heavy atom. The van der Waals surface area contributed by atoms with Crippen molar-refractivity contribution in [3.63, 3.8) is 0 Å². The number of para-hydroxylation sites is 2. The standard InChI is InChI=1S/C44H28N6/c1-3-8-40-35(6-1)36-23-25-45-28-43(36)50(40)34-19-13-30(14-20-34)32-16-22-39(48-27-32)38-21-15-31(26-47-38)29-11-17-33(18-12-29)49-41-9-4-2-7-37(41)44-42(49)10-5-24-46-44/h1-28H. The third kappa shape index (κ3) is 4.50. The summed E-state index contributed by atoms with van der Waals surface area (Å²) in [5.74, 6) is 0. The summed E-state index contributed by atoms with van der Waals surface area (Å²) in [6.07, 6.45) is 9.50. The Balaban J connectivity index is 0.893. The Morgan fingerprint density at radius 3 is 1.48 bits per heavy atom. The molecule has 6 nitrogen and oxygen atoms in total. The molecule has 6 aromatic heterocycles. The van der Waals surface area contributed by atoms with Gasteiger partial charge in [-0.1, -0.05) is 72.8 Å². The summed E-state index contributed by atoms with van der Waals surface area (Å²) in [4.78, 5) is 18.6. The van der Waals surface area contributed by atoms with Crippen molar-refractivity contribution in [2.24, 2.45) is 0 Å². The SMILES string of the molecule is c1ccc2c(c1)c1ccncc1n2-c1ccc(-c2ccc(-c3ccc(-c4ccc(-n5c6ccccc6c6ncccc65)cc4)cn3)nc2)cc1. The van der Waals surface area contributed by atoms with Crippen LogP contribution in [-0.2, 0) is 0 Å². The molecule has 50 heavy (non-hydrogen) atoms. The molecule has 0 fully saturated rings. The first-order valence-electron chi connectivity index (χ1n) is 16.6. The van der Waals surface area contributed by atoms with Crippen LogP contribution in [0.25, 0.3) is 88.8 Å². The van der Waals surface area contributed by atoms with Crippen molar-refractivity contribution in [1.29, 1.82) is 0 Å². The number of nitrogens with zero attached hydrogens (tertiary/aromatic N) is 6. The fourth-order valence-electron chi connectivity index (χ4n) is 7.20. The maximum Gasteiger partial charge on any atom is 0.0963 e. The highest BCUT2D eigenvalue weighted by atomic mass is 15.0. The minimum Gasteiger partial charge on any atom is -0.308 e. The van der Waals surface area contributed by atoms with E-state index in [0.717, 1.165) is 72.5 Å². The zero-order chi connectivity index (χ0) is 33.0. The lowest BCUT2D eigenvalue weighted by molar-refractivity contribution is 1.17. The summed E-state index contributed by atoms with van der Waals surface area (Å²) >= 11 is 0. The van der Waals surface area contributed by atoms with Crippen LogP contribution in [0.3, 0.4) is 0 Å². The van der Waals surface area contributed by atoms with Crippen LogP contribution in [0, 0.1) is 0 Å². The van der Waals surface area contributed by atoms with Gasteiger partial charge < -0.3 is 9.13 Å². The zero-order valence-corrected chi connectivity index (χ0v) is 26.8. The van der Waals surface area contributed by atoms with Crippen LogP contribution in [0.15, 0.2) is 171 Å². The largest absolute Gasteiger partial charge is 0.308 e. The lowest BCUT2D eigenvalue weighted by atomic mass is 10.1. The van der Waals surface area contributed by atoms with Crippen LogP contribution in [0.5, 0.6) is 0 Å². The molecule has 6 heteroatoms. The monoisotopic (exact) mass is 640 g/mol. The summed E-state index contributed by atoms with van der Waals surface area (Å²) in [7, 11) is 0. The normalized spacial score (nSPS) is 11.6. The van der Waals surface area contributed by atoms with Crippen molar-refractivity contribution < 1.29 is 0 Å². The predicted molar refractivity (Wildman–Crippen MR) is 203 cm³/mol. The zero-order valence-electron chi connectivity index (χ0n) is 26.8. The molecule has 0 aliphatic carbocycles. The van der Waals surface area contributed by atoms with Gasteiger partial charge in [0.2, 0.25) is 0 Å². The fraction of sp³-hybridized carbons (Fsp3) is 0. The summed E-state index contributed by atoms with van der Waals surface area (Å²) in [6.45, 7) is 0. The lowest BCUT2D eigenvalue weighted by Gasteiger charge is -2.10. The predicted octanol–water partition coefficient (Wildman–Crippen LogP) is 10.5. The average molecular weight is 641 g/mol. The van der Waals surface area contributed by atoms with E-state index in [1.54, 1.807) is 0 Å². The van der Waals surface area contributed by atoms with Crippen molar-refractivity contribution in [2.45, 2.75) is 0 Å². The molecule has 0 saturated carbocycles. The maximum atomic E-state index is 4.79. The molecule has 0 saturated heterocycles. The molecule has 0 unspecified atom stereocenters. The van der Waals surface area contributed by atoms with Gasteiger partial charge in [-0.15, -0.1) is 0 Å². The van der Waals surface area contributed by atoms with Gasteiger partial charge in [0.05, 0.1) is 45.2 Å². The van der Waals surface area contributed by atoms with Crippen LogP contribution in [-0.4, -0.2) is 29.1 Å².